The molecule has 106 valence electrons. The van der Waals surface area contributed by atoms with Crippen LogP contribution in [0.15, 0.2) is 18.2 Å². The molecule has 0 unspecified atom stereocenters. The molecule has 1 aliphatic rings. The van der Waals surface area contributed by atoms with Gasteiger partial charge in [-0.15, -0.1) is 0 Å². The first-order chi connectivity index (χ1) is 8.70. The normalized spacial score (nSPS) is 21.4. The van der Waals surface area contributed by atoms with Crippen molar-refractivity contribution in [1.82, 2.24) is 4.72 Å². The minimum absolute atomic E-state index is 0.302. The van der Waals surface area contributed by atoms with Gasteiger partial charge in [0, 0.05) is 12.0 Å². The summed E-state index contributed by atoms with van der Waals surface area (Å²) in [6.07, 6.45) is 1.73. The quantitative estimate of drug-likeness (QED) is 0.920. The lowest BCUT2D eigenvalue weighted by atomic mass is 9.90. The maximum absolute atomic E-state index is 11.5. The Morgan fingerprint density at radius 1 is 1.42 bits per heavy atom. The molecule has 0 amide bonds. The maximum atomic E-state index is 11.5. The van der Waals surface area contributed by atoms with E-state index in [1.54, 1.807) is 13.2 Å². The summed E-state index contributed by atoms with van der Waals surface area (Å²) in [6, 6.07) is 5.13. The zero-order chi connectivity index (χ0) is 14.3. The minimum Gasteiger partial charge on any atom is -0.497 e. The molecule has 1 atom stereocenters. The van der Waals surface area contributed by atoms with Crippen LogP contribution >= 0.6 is 0 Å². The van der Waals surface area contributed by atoms with Crippen LogP contribution in [0.5, 0.6) is 11.5 Å². The molecule has 19 heavy (non-hydrogen) atoms. The van der Waals surface area contributed by atoms with E-state index in [0.717, 1.165) is 11.8 Å². The molecular weight excluding hydrogens is 266 g/mol. The number of methoxy groups -OCH3 is 1. The second-order valence-corrected chi connectivity index (χ2v) is 7.19. The van der Waals surface area contributed by atoms with Gasteiger partial charge < -0.3 is 9.47 Å². The van der Waals surface area contributed by atoms with Crippen molar-refractivity contribution in [1.29, 1.82) is 0 Å². The number of rotatable bonds is 3. The van der Waals surface area contributed by atoms with Crippen molar-refractivity contribution in [2.45, 2.75) is 31.9 Å². The molecule has 0 aliphatic carbocycles. The molecule has 0 spiro atoms. The average Bonchev–Trinajstić information content (AvgIpc) is 2.25. The molecule has 0 fully saturated rings. The van der Waals surface area contributed by atoms with Crippen molar-refractivity contribution in [3.05, 3.63) is 23.8 Å². The summed E-state index contributed by atoms with van der Waals surface area (Å²) in [4.78, 5) is 0. The van der Waals surface area contributed by atoms with Crippen LogP contribution in [0.25, 0.3) is 0 Å². The smallest absolute Gasteiger partial charge is 0.209 e. The van der Waals surface area contributed by atoms with E-state index in [1.165, 1.54) is 0 Å². The molecule has 0 bridgehead atoms. The maximum Gasteiger partial charge on any atom is 0.209 e. The average molecular weight is 285 g/mol. The number of sulfonamides is 1. The van der Waals surface area contributed by atoms with Crippen LogP contribution in [0.1, 0.15) is 31.9 Å². The Morgan fingerprint density at radius 2 is 2.11 bits per heavy atom. The molecule has 1 aromatic carbocycles. The topological polar surface area (TPSA) is 64.6 Å². The van der Waals surface area contributed by atoms with Crippen LogP contribution in [0.3, 0.4) is 0 Å². The summed E-state index contributed by atoms with van der Waals surface area (Å²) in [5.41, 5.74) is 0.397. The predicted octanol–water partition coefficient (Wildman–Crippen LogP) is 1.85. The fraction of sp³-hybridized carbons (Fsp3) is 0.538. The van der Waals surface area contributed by atoms with Crippen LogP contribution in [-0.2, 0) is 10.0 Å². The van der Waals surface area contributed by atoms with E-state index in [1.807, 2.05) is 26.0 Å². The van der Waals surface area contributed by atoms with Gasteiger partial charge in [0.25, 0.3) is 0 Å². The first-order valence-corrected chi connectivity index (χ1v) is 7.93. The molecule has 0 aromatic heterocycles. The van der Waals surface area contributed by atoms with Gasteiger partial charge in [-0.05, 0) is 32.0 Å². The van der Waals surface area contributed by atoms with Gasteiger partial charge >= 0.3 is 0 Å². The van der Waals surface area contributed by atoms with Gasteiger partial charge in [-0.1, -0.05) is 0 Å². The Balaban J connectivity index is 2.44. The SMILES string of the molecule is COc1ccc2c(c1)[C@H](NS(C)(=O)=O)CC(C)(C)O2. The number of ether oxygens (including phenoxy) is 2. The molecule has 6 heteroatoms. The molecule has 1 aromatic rings. The first kappa shape index (κ1) is 14.1. The van der Waals surface area contributed by atoms with Gasteiger partial charge in [0.15, 0.2) is 0 Å². The summed E-state index contributed by atoms with van der Waals surface area (Å²) >= 11 is 0. The van der Waals surface area contributed by atoms with Crippen molar-refractivity contribution < 1.29 is 17.9 Å². The van der Waals surface area contributed by atoms with Crippen LogP contribution in [0.2, 0.25) is 0 Å². The summed E-state index contributed by atoms with van der Waals surface area (Å²) in [5, 5.41) is 0. The molecule has 0 saturated heterocycles. The third kappa shape index (κ3) is 3.39. The van der Waals surface area contributed by atoms with Gasteiger partial charge in [0.2, 0.25) is 10.0 Å². The van der Waals surface area contributed by atoms with Crippen molar-refractivity contribution in [2.75, 3.05) is 13.4 Å². The fourth-order valence-corrected chi connectivity index (χ4v) is 3.05. The van der Waals surface area contributed by atoms with Crippen LogP contribution in [0.4, 0.5) is 0 Å². The number of hydrogen-bond acceptors (Lipinski definition) is 4. The van der Waals surface area contributed by atoms with Crippen molar-refractivity contribution in [2.24, 2.45) is 0 Å². The number of hydrogen-bond donors (Lipinski definition) is 1. The van der Waals surface area contributed by atoms with Crippen molar-refractivity contribution >= 4 is 10.0 Å². The van der Waals surface area contributed by atoms with Gasteiger partial charge in [0.05, 0.1) is 19.4 Å². The highest BCUT2D eigenvalue weighted by molar-refractivity contribution is 7.88. The Bertz CT molecular complexity index is 580. The monoisotopic (exact) mass is 285 g/mol. The Morgan fingerprint density at radius 3 is 2.68 bits per heavy atom. The van der Waals surface area contributed by atoms with E-state index in [-0.39, 0.29) is 6.04 Å². The van der Waals surface area contributed by atoms with Crippen LogP contribution in [0, 0.1) is 0 Å². The van der Waals surface area contributed by atoms with Gasteiger partial charge in [-0.25, -0.2) is 13.1 Å². The number of fused-ring (bicyclic) bond motifs is 1. The summed E-state index contributed by atoms with van der Waals surface area (Å²) in [5.74, 6) is 1.38. The van der Waals surface area contributed by atoms with Gasteiger partial charge in [0.1, 0.15) is 17.1 Å². The molecule has 1 heterocycles. The highest BCUT2D eigenvalue weighted by Gasteiger charge is 2.35. The lowest BCUT2D eigenvalue weighted by molar-refractivity contribution is 0.0700. The second-order valence-electron chi connectivity index (χ2n) is 5.41. The standard InChI is InChI=1S/C13H19NO4S/c1-13(2)8-11(14-19(4,15)16)10-7-9(17-3)5-6-12(10)18-13/h5-7,11,14H,8H2,1-4H3/t11-/m1/s1. The van der Waals surface area contributed by atoms with E-state index < -0.39 is 15.6 Å². The Hall–Kier alpha value is -1.27. The van der Waals surface area contributed by atoms with E-state index in [9.17, 15) is 8.42 Å². The Kier molecular flexibility index (Phi) is 3.49. The summed E-state index contributed by atoms with van der Waals surface area (Å²) in [7, 11) is -1.70. The lowest BCUT2D eigenvalue weighted by Crippen LogP contribution is -2.41. The number of benzene rings is 1. The first-order valence-electron chi connectivity index (χ1n) is 6.04. The zero-order valence-electron chi connectivity index (χ0n) is 11.6. The highest BCUT2D eigenvalue weighted by atomic mass is 32.2. The molecule has 0 radical (unpaired) electrons. The molecule has 5 nitrogen and oxygen atoms in total. The van der Waals surface area contributed by atoms with Crippen molar-refractivity contribution in [3.8, 4) is 11.5 Å². The Labute approximate surface area is 114 Å². The summed E-state index contributed by atoms with van der Waals surface area (Å²) < 4.78 is 36.7. The summed E-state index contributed by atoms with van der Waals surface area (Å²) in [6.45, 7) is 3.88. The molecular formula is C13H19NO4S. The van der Waals surface area contributed by atoms with E-state index in [4.69, 9.17) is 9.47 Å². The second kappa shape index (κ2) is 4.68. The van der Waals surface area contributed by atoms with E-state index in [0.29, 0.717) is 17.9 Å². The number of nitrogens with one attached hydrogen (secondary N) is 1. The third-order valence-corrected chi connectivity index (χ3v) is 3.74. The largest absolute Gasteiger partial charge is 0.497 e. The van der Waals surface area contributed by atoms with Crippen molar-refractivity contribution in [3.63, 3.8) is 0 Å². The zero-order valence-corrected chi connectivity index (χ0v) is 12.4. The predicted molar refractivity (Wildman–Crippen MR) is 73.0 cm³/mol. The third-order valence-electron chi connectivity index (χ3n) is 3.03. The van der Waals surface area contributed by atoms with Gasteiger partial charge in [-0.3, -0.25) is 0 Å². The molecule has 2 rings (SSSR count). The van der Waals surface area contributed by atoms with E-state index >= 15 is 0 Å². The lowest BCUT2D eigenvalue weighted by Gasteiger charge is -2.37. The molecule has 1 N–H and O–H groups in total. The van der Waals surface area contributed by atoms with Crippen LogP contribution < -0.4 is 14.2 Å². The molecule has 0 saturated carbocycles. The van der Waals surface area contributed by atoms with E-state index in [2.05, 4.69) is 4.72 Å². The fourth-order valence-electron chi connectivity index (χ4n) is 2.32. The molecule has 1 aliphatic heterocycles. The van der Waals surface area contributed by atoms with Crippen LogP contribution in [-0.4, -0.2) is 27.4 Å². The minimum atomic E-state index is -3.28. The highest BCUT2D eigenvalue weighted by Crippen LogP contribution is 2.41. The van der Waals surface area contributed by atoms with Gasteiger partial charge in [-0.2, -0.15) is 0 Å².